The number of alkyl halides is 3. The maximum atomic E-state index is 11.3. The summed E-state index contributed by atoms with van der Waals surface area (Å²) in [5, 5.41) is 0. The summed E-state index contributed by atoms with van der Waals surface area (Å²) in [4.78, 5) is 3.15. The first kappa shape index (κ1) is 8.26. The van der Waals surface area contributed by atoms with E-state index in [1.54, 1.807) is 0 Å². The lowest BCUT2D eigenvalue weighted by atomic mass is 10.4. The molecule has 0 spiro atoms. The minimum Gasteiger partial charge on any atom is -0.387 e. The lowest BCUT2D eigenvalue weighted by molar-refractivity contribution is -0.121. The van der Waals surface area contributed by atoms with Gasteiger partial charge in [0.2, 0.25) is 0 Å². The first-order valence-corrected chi connectivity index (χ1v) is 2.23. The maximum Gasteiger partial charge on any atom is 0.395 e. The van der Waals surface area contributed by atoms with Crippen molar-refractivity contribution in [3.8, 4) is 0 Å². The Kier molecular flexibility index (Phi) is 2.48. The highest BCUT2D eigenvalue weighted by atomic mass is 19.4. The van der Waals surface area contributed by atoms with Crippen molar-refractivity contribution in [2.45, 2.75) is 12.6 Å². The summed E-state index contributed by atoms with van der Waals surface area (Å²) in [6.45, 7) is 0. The Bertz CT molecular complexity index is 115. The number of nitrogens with two attached hydrogens (primary N) is 1. The molecule has 0 unspecified atom stereocenters. The zero-order valence-electron chi connectivity index (χ0n) is 4.87. The SMILES string of the molecule is CN=C(N)CC(F)(F)F. The molecule has 2 nitrogen and oxygen atoms in total. The third-order valence-electron chi connectivity index (χ3n) is 0.669. The number of nitrogens with zero attached hydrogens (tertiary/aromatic N) is 1. The summed E-state index contributed by atoms with van der Waals surface area (Å²) in [5.74, 6) is -0.387. The summed E-state index contributed by atoms with van der Waals surface area (Å²) < 4.78 is 34.0. The zero-order valence-corrected chi connectivity index (χ0v) is 4.87. The van der Waals surface area contributed by atoms with Gasteiger partial charge in [-0.2, -0.15) is 13.2 Å². The quantitative estimate of drug-likeness (QED) is 0.427. The van der Waals surface area contributed by atoms with Crippen LogP contribution in [0.15, 0.2) is 4.99 Å². The lowest BCUT2D eigenvalue weighted by Gasteiger charge is -2.03. The monoisotopic (exact) mass is 140 g/mol. The molecular formula is C4H7F3N2. The molecule has 0 aromatic heterocycles. The van der Waals surface area contributed by atoms with E-state index in [0.29, 0.717) is 0 Å². The summed E-state index contributed by atoms with van der Waals surface area (Å²) in [5.41, 5.74) is 4.79. The van der Waals surface area contributed by atoms with Crippen molar-refractivity contribution in [2.75, 3.05) is 7.05 Å². The average Bonchev–Trinajstić information content (AvgIpc) is 1.62. The molecule has 0 saturated heterocycles. The van der Waals surface area contributed by atoms with Gasteiger partial charge in [0.05, 0.1) is 0 Å². The van der Waals surface area contributed by atoms with Gasteiger partial charge in [-0.3, -0.25) is 4.99 Å². The minimum atomic E-state index is -4.23. The van der Waals surface area contributed by atoms with Gasteiger partial charge in [0.25, 0.3) is 0 Å². The van der Waals surface area contributed by atoms with Crippen LogP contribution in [0, 0.1) is 0 Å². The Morgan fingerprint density at radius 2 is 2.00 bits per heavy atom. The molecule has 0 heterocycles. The first-order chi connectivity index (χ1) is 3.95. The highest BCUT2D eigenvalue weighted by Gasteiger charge is 2.28. The lowest BCUT2D eigenvalue weighted by Crippen LogP contribution is -2.21. The smallest absolute Gasteiger partial charge is 0.387 e. The van der Waals surface area contributed by atoms with E-state index in [4.69, 9.17) is 5.73 Å². The predicted molar refractivity (Wildman–Crippen MR) is 28.2 cm³/mol. The normalized spacial score (nSPS) is 14.0. The van der Waals surface area contributed by atoms with Crippen LogP contribution in [-0.4, -0.2) is 19.1 Å². The number of aliphatic imine (C=N–C) groups is 1. The van der Waals surface area contributed by atoms with Gasteiger partial charge >= 0.3 is 6.18 Å². The second-order valence-electron chi connectivity index (χ2n) is 1.51. The molecule has 0 radical (unpaired) electrons. The van der Waals surface area contributed by atoms with Gasteiger partial charge in [0, 0.05) is 7.05 Å². The second kappa shape index (κ2) is 2.70. The molecule has 0 bridgehead atoms. The fourth-order valence-corrected chi connectivity index (χ4v) is 0.284. The zero-order chi connectivity index (χ0) is 7.49. The van der Waals surface area contributed by atoms with Gasteiger partial charge in [-0.25, -0.2) is 0 Å². The van der Waals surface area contributed by atoms with Crippen molar-refractivity contribution < 1.29 is 13.2 Å². The van der Waals surface area contributed by atoms with Crippen molar-refractivity contribution in [3.63, 3.8) is 0 Å². The van der Waals surface area contributed by atoms with E-state index in [-0.39, 0.29) is 5.84 Å². The standard InChI is InChI=1S/C4H7F3N2/c1-9-3(8)2-4(5,6)7/h2H2,1H3,(H2,8,9). The van der Waals surface area contributed by atoms with Gasteiger partial charge in [0.15, 0.2) is 0 Å². The molecular weight excluding hydrogens is 133 g/mol. The molecule has 0 aromatic carbocycles. The maximum absolute atomic E-state index is 11.3. The number of halogens is 3. The Labute approximate surface area is 50.6 Å². The number of hydrogen-bond donors (Lipinski definition) is 1. The Morgan fingerprint density at radius 1 is 1.56 bits per heavy atom. The van der Waals surface area contributed by atoms with E-state index < -0.39 is 12.6 Å². The van der Waals surface area contributed by atoms with Crippen molar-refractivity contribution in [1.82, 2.24) is 0 Å². The second-order valence-corrected chi connectivity index (χ2v) is 1.51. The van der Waals surface area contributed by atoms with Crippen LogP contribution < -0.4 is 5.73 Å². The molecule has 0 aliphatic rings. The van der Waals surface area contributed by atoms with Crippen LogP contribution in [0.5, 0.6) is 0 Å². The molecule has 2 N–H and O–H groups in total. The van der Waals surface area contributed by atoms with E-state index in [2.05, 4.69) is 4.99 Å². The van der Waals surface area contributed by atoms with Gasteiger partial charge < -0.3 is 5.73 Å². The molecule has 54 valence electrons. The summed E-state index contributed by atoms with van der Waals surface area (Å²) in [6.07, 6.45) is -5.35. The molecule has 0 aromatic rings. The fraction of sp³-hybridized carbons (Fsp3) is 0.750. The largest absolute Gasteiger partial charge is 0.395 e. The number of rotatable bonds is 1. The minimum absolute atomic E-state index is 0.387. The molecule has 5 heteroatoms. The van der Waals surface area contributed by atoms with Crippen LogP contribution in [-0.2, 0) is 0 Å². The van der Waals surface area contributed by atoms with Crippen LogP contribution in [0.4, 0.5) is 13.2 Å². The number of amidine groups is 1. The Morgan fingerprint density at radius 3 is 2.11 bits per heavy atom. The highest BCUT2D eigenvalue weighted by molar-refractivity contribution is 5.80. The molecule has 0 fully saturated rings. The average molecular weight is 140 g/mol. The van der Waals surface area contributed by atoms with E-state index >= 15 is 0 Å². The predicted octanol–water partition coefficient (Wildman–Crippen LogP) is 0.926. The van der Waals surface area contributed by atoms with Crippen LogP contribution >= 0.6 is 0 Å². The fourth-order valence-electron chi connectivity index (χ4n) is 0.284. The van der Waals surface area contributed by atoms with Gasteiger partial charge in [-0.1, -0.05) is 0 Å². The highest BCUT2D eigenvalue weighted by Crippen LogP contribution is 2.18. The molecule has 0 saturated carbocycles. The third-order valence-corrected chi connectivity index (χ3v) is 0.669. The van der Waals surface area contributed by atoms with Crippen LogP contribution in [0.1, 0.15) is 6.42 Å². The van der Waals surface area contributed by atoms with Crippen LogP contribution in [0.25, 0.3) is 0 Å². The molecule has 0 amide bonds. The van der Waals surface area contributed by atoms with Gasteiger partial charge in [0.1, 0.15) is 12.3 Å². The molecule has 0 atom stereocenters. The van der Waals surface area contributed by atoms with Gasteiger partial charge in [-0.05, 0) is 0 Å². The van der Waals surface area contributed by atoms with Crippen molar-refractivity contribution in [2.24, 2.45) is 10.7 Å². The topological polar surface area (TPSA) is 38.4 Å². The van der Waals surface area contributed by atoms with Gasteiger partial charge in [-0.15, -0.1) is 0 Å². The van der Waals surface area contributed by atoms with E-state index in [0.717, 1.165) is 0 Å². The summed E-state index contributed by atoms with van der Waals surface area (Å²) in [7, 11) is 1.22. The van der Waals surface area contributed by atoms with Crippen LogP contribution in [0.2, 0.25) is 0 Å². The first-order valence-electron chi connectivity index (χ1n) is 2.23. The van der Waals surface area contributed by atoms with Crippen molar-refractivity contribution in [1.29, 1.82) is 0 Å². The molecule has 0 rings (SSSR count). The summed E-state index contributed by atoms with van der Waals surface area (Å²) in [6, 6.07) is 0. The molecule has 0 aliphatic carbocycles. The van der Waals surface area contributed by atoms with Crippen LogP contribution in [0.3, 0.4) is 0 Å². The number of hydrogen-bond acceptors (Lipinski definition) is 1. The molecule has 0 aliphatic heterocycles. The van der Waals surface area contributed by atoms with E-state index in [1.165, 1.54) is 7.05 Å². The Hall–Kier alpha value is -0.740. The van der Waals surface area contributed by atoms with Crippen molar-refractivity contribution >= 4 is 5.84 Å². The molecule has 9 heavy (non-hydrogen) atoms. The van der Waals surface area contributed by atoms with E-state index in [1.807, 2.05) is 0 Å². The Balaban J connectivity index is 3.75. The third kappa shape index (κ3) is 5.13. The van der Waals surface area contributed by atoms with E-state index in [9.17, 15) is 13.2 Å². The van der Waals surface area contributed by atoms with Crippen molar-refractivity contribution in [3.05, 3.63) is 0 Å². The summed E-state index contributed by atoms with van der Waals surface area (Å²) >= 11 is 0.